The van der Waals surface area contributed by atoms with Crippen molar-refractivity contribution in [3.63, 3.8) is 0 Å². The third kappa shape index (κ3) is 3.78. The highest BCUT2D eigenvalue weighted by molar-refractivity contribution is 9.11. The first-order chi connectivity index (χ1) is 13.1. The third-order valence-corrected chi connectivity index (χ3v) is 6.97. The molecule has 0 bridgehead atoms. The quantitative estimate of drug-likeness (QED) is 0.745. The Hall–Kier alpha value is -1.05. The van der Waals surface area contributed by atoms with Crippen LogP contribution in [0, 0.1) is 17.8 Å². The van der Waals surface area contributed by atoms with Crippen LogP contribution in [0.4, 0.5) is 4.39 Å². The minimum absolute atomic E-state index is 0.000238. The predicted octanol–water partition coefficient (Wildman–Crippen LogP) is 4.28. The first-order valence-corrected chi connectivity index (χ1v) is 10.2. The monoisotopic (exact) mass is 437 g/mol. The van der Waals surface area contributed by atoms with Gasteiger partial charge >= 0.3 is 0 Å². The lowest BCUT2D eigenvalue weighted by Gasteiger charge is -2.47. The zero-order chi connectivity index (χ0) is 18.9. The number of ether oxygens (including phenoxy) is 2. The highest BCUT2D eigenvalue weighted by Gasteiger charge is 2.57. The van der Waals surface area contributed by atoms with Gasteiger partial charge in [0.05, 0.1) is 38.1 Å². The average molecular weight is 438 g/mol. The van der Waals surface area contributed by atoms with Gasteiger partial charge in [-0.25, -0.2) is 4.39 Å². The van der Waals surface area contributed by atoms with Gasteiger partial charge in [0.15, 0.2) is 0 Å². The summed E-state index contributed by atoms with van der Waals surface area (Å²) in [6.45, 7) is 4.12. The molecule has 2 fully saturated rings. The number of nitrogens with one attached hydrogen (secondary N) is 1. The number of hydroxylamine groups is 1. The molecule has 0 radical (unpaired) electrons. The van der Waals surface area contributed by atoms with Crippen LogP contribution in [-0.4, -0.2) is 31.5 Å². The Morgan fingerprint density at radius 2 is 2.11 bits per heavy atom. The molecule has 5 atom stereocenters. The second-order valence-corrected chi connectivity index (χ2v) is 8.60. The molecule has 2 heterocycles. The Kier molecular flexibility index (Phi) is 5.81. The van der Waals surface area contributed by atoms with E-state index in [9.17, 15) is 4.39 Å². The predicted molar refractivity (Wildman–Crippen MR) is 105 cm³/mol. The molecule has 0 amide bonds. The van der Waals surface area contributed by atoms with Gasteiger partial charge in [-0.1, -0.05) is 53.2 Å². The molecule has 2 aliphatic heterocycles. The first kappa shape index (κ1) is 19.3. The van der Waals surface area contributed by atoms with Crippen molar-refractivity contribution >= 4 is 15.9 Å². The summed E-state index contributed by atoms with van der Waals surface area (Å²) in [5, 5.41) is 0. The van der Waals surface area contributed by atoms with Crippen molar-refractivity contribution in [1.82, 2.24) is 5.48 Å². The normalized spacial score (nSPS) is 36.1. The molecule has 3 aliphatic rings. The molecule has 27 heavy (non-hydrogen) atoms. The van der Waals surface area contributed by atoms with E-state index < -0.39 is 5.54 Å². The van der Waals surface area contributed by atoms with E-state index in [0.29, 0.717) is 26.4 Å². The summed E-state index contributed by atoms with van der Waals surface area (Å²) in [4.78, 5) is 5.60. The van der Waals surface area contributed by atoms with Gasteiger partial charge in [0.1, 0.15) is 5.83 Å². The van der Waals surface area contributed by atoms with Crippen LogP contribution in [0.1, 0.15) is 18.9 Å². The summed E-state index contributed by atoms with van der Waals surface area (Å²) >= 11 is 3.57. The molecule has 4 rings (SSSR count). The summed E-state index contributed by atoms with van der Waals surface area (Å²) in [6, 6.07) is 10.1. The van der Waals surface area contributed by atoms with Crippen molar-refractivity contribution in [2.45, 2.75) is 31.6 Å². The molecule has 1 aromatic carbocycles. The molecule has 6 heteroatoms. The molecule has 1 aliphatic carbocycles. The fourth-order valence-corrected chi connectivity index (χ4v) is 4.88. The molecule has 0 spiro atoms. The molecular weight excluding hydrogens is 413 g/mol. The SMILES string of the molecule is CC1C(Br)=CC=C(F)C1[C@]12CO[C@@H](COCc3ccccc3)C[C@H]1CON2. The molecular formula is C21H25BrFNO3. The molecule has 2 saturated heterocycles. The van der Waals surface area contributed by atoms with Gasteiger partial charge in [0.2, 0.25) is 0 Å². The number of allylic oxidation sites excluding steroid dienone is 3. The summed E-state index contributed by atoms with van der Waals surface area (Å²) in [5.41, 5.74) is 3.74. The van der Waals surface area contributed by atoms with E-state index >= 15 is 0 Å². The van der Waals surface area contributed by atoms with Crippen LogP contribution >= 0.6 is 15.9 Å². The van der Waals surface area contributed by atoms with Crippen LogP contribution < -0.4 is 5.48 Å². The second kappa shape index (κ2) is 8.13. The van der Waals surface area contributed by atoms with Gasteiger partial charge in [0, 0.05) is 11.8 Å². The maximum atomic E-state index is 14.8. The number of benzene rings is 1. The van der Waals surface area contributed by atoms with Crippen molar-refractivity contribution < 1.29 is 18.7 Å². The zero-order valence-corrected chi connectivity index (χ0v) is 17.0. The van der Waals surface area contributed by atoms with Gasteiger partial charge in [0.25, 0.3) is 0 Å². The minimum Gasteiger partial charge on any atom is -0.374 e. The lowest BCUT2D eigenvalue weighted by atomic mass is 9.66. The minimum atomic E-state index is -0.538. The first-order valence-electron chi connectivity index (χ1n) is 9.45. The molecule has 146 valence electrons. The summed E-state index contributed by atoms with van der Waals surface area (Å²) in [7, 11) is 0. The third-order valence-electron chi connectivity index (χ3n) is 5.98. The van der Waals surface area contributed by atoms with E-state index in [1.165, 1.54) is 0 Å². The number of fused-ring (bicyclic) bond motifs is 1. The number of halogens is 2. The Labute approximate surface area is 167 Å². The summed E-state index contributed by atoms with van der Waals surface area (Å²) in [6.07, 6.45) is 4.14. The van der Waals surface area contributed by atoms with E-state index in [1.54, 1.807) is 12.2 Å². The average Bonchev–Trinajstić information content (AvgIpc) is 3.10. The van der Waals surface area contributed by atoms with Crippen molar-refractivity contribution in [2.75, 3.05) is 19.8 Å². The van der Waals surface area contributed by atoms with Crippen molar-refractivity contribution in [2.24, 2.45) is 17.8 Å². The van der Waals surface area contributed by atoms with Crippen molar-refractivity contribution in [3.8, 4) is 0 Å². The number of rotatable bonds is 5. The van der Waals surface area contributed by atoms with E-state index in [-0.39, 0.29) is 29.7 Å². The largest absolute Gasteiger partial charge is 0.374 e. The molecule has 4 nitrogen and oxygen atoms in total. The zero-order valence-electron chi connectivity index (χ0n) is 15.4. The lowest BCUT2D eigenvalue weighted by molar-refractivity contribution is -0.114. The van der Waals surface area contributed by atoms with Gasteiger partial charge in [-0.2, -0.15) is 5.48 Å². The van der Waals surface area contributed by atoms with Gasteiger partial charge in [-0.15, -0.1) is 0 Å². The van der Waals surface area contributed by atoms with Crippen molar-refractivity contribution in [1.29, 1.82) is 0 Å². The Bertz CT molecular complexity index is 725. The van der Waals surface area contributed by atoms with Gasteiger partial charge in [-0.3, -0.25) is 0 Å². The smallest absolute Gasteiger partial charge is 0.106 e. The lowest BCUT2D eigenvalue weighted by Crippen LogP contribution is -2.61. The van der Waals surface area contributed by atoms with Crippen LogP contribution in [0.15, 0.2) is 52.8 Å². The fourth-order valence-electron chi connectivity index (χ4n) is 4.49. The van der Waals surface area contributed by atoms with E-state index in [4.69, 9.17) is 14.3 Å². The maximum Gasteiger partial charge on any atom is 0.106 e. The Morgan fingerprint density at radius 3 is 2.93 bits per heavy atom. The summed E-state index contributed by atoms with van der Waals surface area (Å²) < 4.78 is 27.8. The number of hydrogen-bond acceptors (Lipinski definition) is 4. The number of hydrogen-bond donors (Lipinski definition) is 1. The van der Waals surface area contributed by atoms with Crippen LogP contribution in [0.3, 0.4) is 0 Å². The van der Waals surface area contributed by atoms with Crippen LogP contribution in [-0.2, 0) is 20.9 Å². The van der Waals surface area contributed by atoms with E-state index in [2.05, 4.69) is 21.4 Å². The highest BCUT2D eigenvalue weighted by Crippen LogP contribution is 2.49. The molecule has 0 saturated carbocycles. The van der Waals surface area contributed by atoms with E-state index in [0.717, 1.165) is 16.5 Å². The second-order valence-electron chi connectivity index (χ2n) is 7.69. The summed E-state index contributed by atoms with van der Waals surface area (Å²) in [5.74, 6) is -0.214. The topological polar surface area (TPSA) is 39.7 Å². The molecule has 1 aromatic rings. The highest BCUT2D eigenvalue weighted by atomic mass is 79.9. The maximum absolute atomic E-state index is 14.8. The van der Waals surface area contributed by atoms with Crippen molar-refractivity contribution in [3.05, 3.63) is 58.4 Å². The van der Waals surface area contributed by atoms with Crippen LogP contribution in [0.2, 0.25) is 0 Å². The Balaban J connectivity index is 1.40. The standard InChI is InChI=1S/C21H25BrFNO3/c1-14-18(22)7-8-19(23)20(14)21-13-26-17(9-16(21)11-27-24-21)12-25-10-15-5-3-2-4-6-15/h2-8,14,16-17,20,24H,9-13H2,1H3/t14?,16-,17+,20?,21-/m0/s1. The van der Waals surface area contributed by atoms with E-state index in [1.807, 2.05) is 37.3 Å². The van der Waals surface area contributed by atoms with Gasteiger partial charge in [-0.05, 0) is 34.5 Å². The van der Waals surface area contributed by atoms with Crippen LogP contribution in [0.25, 0.3) is 0 Å². The molecule has 2 unspecified atom stereocenters. The molecule has 1 N–H and O–H groups in total. The van der Waals surface area contributed by atoms with Crippen LogP contribution in [0.5, 0.6) is 0 Å². The fraction of sp³-hybridized carbons (Fsp3) is 0.524. The Morgan fingerprint density at radius 1 is 1.30 bits per heavy atom. The molecule has 0 aromatic heterocycles. The van der Waals surface area contributed by atoms with Gasteiger partial charge < -0.3 is 14.3 Å².